The van der Waals surface area contributed by atoms with E-state index < -0.39 is 64.5 Å². The Labute approximate surface area is 411 Å². The van der Waals surface area contributed by atoms with Gasteiger partial charge in [0.25, 0.3) is 0 Å². The molecule has 0 unspecified atom stereocenters. The molecule has 6 rings (SSSR count). The number of nitrogens with one attached hydrogen (secondary N) is 2. The molecule has 4 atom stereocenters. The molecule has 2 aromatic heterocycles. The summed E-state index contributed by atoms with van der Waals surface area (Å²) in [4.78, 5) is 57.7. The molecule has 1 saturated heterocycles. The number of carbonyl (C=O) groups excluding carboxylic acids is 3. The van der Waals surface area contributed by atoms with Crippen molar-refractivity contribution >= 4 is 46.4 Å². The summed E-state index contributed by atoms with van der Waals surface area (Å²) < 4.78 is 53.7. The van der Waals surface area contributed by atoms with Crippen LogP contribution in [0.2, 0.25) is 0 Å². The normalized spacial score (nSPS) is 15.8. The molecule has 13 nitrogen and oxygen atoms in total. The Balaban J connectivity index is 1.07. The van der Waals surface area contributed by atoms with Crippen LogP contribution in [0.5, 0.6) is 0 Å². The maximum absolute atomic E-state index is 14.4. The van der Waals surface area contributed by atoms with Crippen molar-refractivity contribution < 1.29 is 46.7 Å². The minimum Gasteiger partial charge on any atom is -0.481 e. The average Bonchev–Trinajstić information content (AvgIpc) is 4.02. The Morgan fingerprint density at radius 3 is 2.30 bits per heavy atom. The number of halogens is 3. The van der Waals surface area contributed by atoms with Crippen LogP contribution in [0, 0.1) is 50.4 Å². The fourth-order valence-electron chi connectivity index (χ4n) is 8.93. The van der Waals surface area contributed by atoms with Crippen molar-refractivity contribution in [1.82, 2.24) is 20.7 Å². The molecule has 5 aromatic rings. The first-order valence-electron chi connectivity index (χ1n) is 23.3. The first-order valence-corrected chi connectivity index (χ1v) is 24.2. The molecule has 3 amide bonds. The zero-order valence-electron chi connectivity index (χ0n) is 40.8. The van der Waals surface area contributed by atoms with Gasteiger partial charge in [0.1, 0.15) is 24.6 Å². The summed E-state index contributed by atoms with van der Waals surface area (Å²) in [6.07, 6.45) is -3.88. The van der Waals surface area contributed by atoms with E-state index in [0.717, 1.165) is 38.8 Å². The second-order valence-electron chi connectivity index (χ2n) is 19.2. The standard InChI is InChI=1S/C53H61F3N6O7S/c1-31-12-13-39(47-34(4)60-69-35(47)5)26-43(31)61(41-19-18-40(28-57)42(27-41)53(54,55)56)21-10-9-11-22-68-30-45(63)59-49(52(6,7)8)51(67)62-29-36(25-46(64)65)24-44(62)58-50(66)33(3)37-14-16-38(17-15-37)48-32(2)20-23-70-48/h12-20,23,26-27,33,36,44,49H,9-11,21-22,24-25,29-30H2,1-8H3,(H,58,66)(H,59,63)(H,64,65)/t33-,36+,44-,49+/m0/s1. The average molecular weight is 983 g/mol. The van der Waals surface area contributed by atoms with Crippen LogP contribution in [0.4, 0.5) is 24.5 Å². The van der Waals surface area contributed by atoms with Gasteiger partial charge in [0.2, 0.25) is 17.7 Å². The van der Waals surface area contributed by atoms with Gasteiger partial charge in [0.05, 0.1) is 28.8 Å². The number of hydrogen-bond acceptors (Lipinski definition) is 10. The Hall–Kier alpha value is -6.51. The molecule has 372 valence electrons. The summed E-state index contributed by atoms with van der Waals surface area (Å²) in [5, 5.41) is 31.1. The molecular formula is C53H61F3N6O7S. The summed E-state index contributed by atoms with van der Waals surface area (Å²) >= 11 is 1.64. The number of carboxylic acid groups (broad SMARTS) is 1. The first kappa shape index (κ1) is 52.9. The molecule has 0 saturated carbocycles. The molecule has 17 heteroatoms. The molecule has 3 N–H and O–H groups in total. The molecule has 0 spiro atoms. The number of aromatic nitrogens is 1. The fourth-order valence-corrected chi connectivity index (χ4v) is 9.87. The number of hydrogen-bond donors (Lipinski definition) is 3. The predicted molar refractivity (Wildman–Crippen MR) is 262 cm³/mol. The molecule has 1 aliphatic heterocycles. The van der Waals surface area contributed by atoms with E-state index in [-0.39, 0.29) is 44.2 Å². The highest BCUT2D eigenvalue weighted by Crippen LogP contribution is 2.40. The van der Waals surface area contributed by atoms with E-state index in [0.29, 0.717) is 42.9 Å². The lowest BCUT2D eigenvalue weighted by atomic mass is 9.85. The molecule has 70 heavy (non-hydrogen) atoms. The molecule has 0 radical (unpaired) electrons. The minimum absolute atomic E-state index is 0.0799. The number of unbranched alkanes of at least 4 members (excludes halogenated alkanes) is 2. The summed E-state index contributed by atoms with van der Waals surface area (Å²) in [5.41, 5.74) is 4.72. The van der Waals surface area contributed by atoms with Gasteiger partial charge in [-0.1, -0.05) is 62.3 Å². The highest BCUT2D eigenvalue weighted by atomic mass is 32.1. The van der Waals surface area contributed by atoms with Crippen molar-refractivity contribution in [2.24, 2.45) is 11.3 Å². The minimum atomic E-state index is -4.75. The number of likely N-dealkylation sites (tertiary alicyclic amines) is 1. The van der Waals surface area contributed by atoms with Crippen LogP contribution in [-0.2, 0) is 30.1 Å². The molecule has 0 bridgehead atoms. The number of rotatable bonds is 19. The van der Waals surface area contributed by atoms with Crippen LogP contribution < -0.4 is 15.5 Å². The molecule has 1 fully saturated rings. The number of nitrogens with zero attached hydrogens (tertiary/aromatic N) is 4. The Bertz CT molecular complexity index is 2700. The summed E-state index contributed by atoms with van der Waals surface area (Å²) in [6, 6.07) is 19.8. The maximum Gasteiger partial charge on any atom is 0.417 e. The van der Waals surface area contributed by atoms with Gasteiger partial charge in [-0.2, -0.15) is 18.4 Å². The van der Waals surface area contributed by atoms with E-state index in [4.69, 9.17) is 9.26 Å². The van der Waals surface area contributed by atoms with Gasteiger partial charge in [-0.3, -0.25) is 19.2 Å². The van der Waals surface area contributed by atoms with E-state index in [1.54, 1.807) is 56.9 Å². The van der Waals surface area contributed by atoms with Crippen LogP contribution in [0.1, 0.15) is 105 Å². The molecule has 0 aliphatic carbocycles. The number of alkyl halides is 3. The molecule has 3 heterocycles. The van der Waals surface area contributed by atoms with Gasteiger partial charge in [0.15, 0.2) is 0 Å². The van der Waals surface area contributed by atoms with E-state index in [1.807, 2.05) is 68.6 Å². The Morgan fingerprint density at radius 1 is 0.971 bits per heavy atom. The van der Waals surface area contributed by atoms with Gasteiger partial charge >= 0.3 is 12.1 Å². The van der Waals surface area contributed by atoms with Crippen LogP contribution in [0.15, 0.2) is 76.6 Å². The number of aryl methyl sites for hydroxylation is 4. The summed E-state index contributed by atoms with van der Waals surface area (Å²) in [7, 11) is 0. The predicted octanol–water partition coefficient (Wildman–Crippen LogP) is 10.6. The van der Waals surface area contributed by atoms with Crippen molar-refractivity contribution in [2.75, 3.05) is 31.2 Å². The third kappa shape index (κ3) is 12.8. The van der Waals surface area contributed by atoms with Gasteiger partial charge < -0.3 is 34.8 Å². The monoisotopic (exact) mass is 982 g/mol. The highest BCUT2D eigenvalue weighted by Gasteiger charge is 2.44. The number of thiophene rings is 1. The number of carboxylic acids is 1. The van der Waals surface area contributed by atoms with Crippen LogP contribution in [0.25, 0.3) is 21.6 Å². The molecule has 1 aliphatic rings. The molecule has 3 aromatic carbocycles. The number of anilines is 2. The van der Waals surface area contributed by atoms with E-state index in [2.05, 4.69) is 21.9 Å². The quantitative estimate of drug-likeness (QED) is 0.0675. The lowest BCUT2D eigenvalue weighted by Crippen LogP contribution is -2.58. The Kier molecular flexibility index (Phi) is 17.0. The van der Waals surface area contributed by atoms with Gasteiger partial charge in [0, 0.05) is 47.9 Å². The maximum atomic E-state index is 14.4. The smallest absolute Gasteiger partial charge is 0.417 e. The number of ether oxygens (including phenoxy) is 1. The van der Waals surface area contributed by atoms with Gasteiger partial charge in [-0.25, -0.2) is 0 Å². The second-order valence-corrected chi connectivity index (χ2v) is 20.1. The van der Waals surface area contributed by atoms with E-state index in [9.17, 15) is 42.7 Å². The topological polar surface area (TPSA) is 178 Å². The van der Waals surface area contributed by atoms with Crippen molar-refractivity contribution in [3.8, 4) is 27.6 Å². The number of benzene rings is 3. The third-order valence-corrected chi connectivity index (χ3v) is 13.8. The SMILES string of the molecule is Cc1ccc(-c2c(C)noc2C)cc1N(CCCCCOCC(=O)N[C@H](C(=O)N1C[C@@H](CC(=O)O)C[C@H]1NC(=O)[C@@H](C)c1ccc(-c2sccc2C)cc1)C(C)(C)C)c1ccc(C#N)c(C(F)(F)F)c1. The van der Waals surface area contributed by atoms with Crippen LogP contribution in [0.3, 0.4) is 0 Å². The number of aliphatic carboxylic acids is 1. The largest absolute Gasteiger partial charge is 0.481 e. The highest BCUT2D eigenvalue weighted by molar-refractivity contribution is 7.13. The summed E-state index contributed by atoms with van der Waals surface area (Å²) in [6.45, 7) is 14.9. The van der Waals surface area contributed by atoms with Crippen LogP contribution >= 0.6 is 11.3 Å². The lowest BCUT2D eigenvalue weighted by molar-refractivity contribution is -0.143. The first-order chi connectivity index (χ1) is 33.1. The van der Waals surface area contributed by atoms with Crippen molar-refractivity contribution in [1.29, 1.82) is 5.26 Å². The Morgan fingerprint density at radius 2 is 1.69 bits per heavy atom. The van der Waals surface area contributed by atoms with Crippen molar-refractivity contribution in [3.05, 3.63) is 111 Å². The molecular weight excluding hydrogens is 922 g/mol. The second kappa shape index (κ2) is 22.5. The summed E-state index contributed by atoms with van der Waals surface area (Å²) in [5.74, 6) is -2.72. The van der Waals surface area contributed by atoms with Crippen LogP contribution in [-0.4, -0.2) is 77.4 Å². The fraction of sp³-hybridized carbons (Fsp3) is 0.434. The van der Waals surface area contributed by atoms with E-state index in [1.165, 1.54) is 22.6 Å². The lowest BCUT2D eigenvalue weighted by Gasteiger charge is -2.36. The zero-order chi connectivity index (χ0) is 51.1. The third-order valence-electron chi connectivity index (χ3n) is 12.8. The number of nitriles is 1. The number of carbonyl (C=O) groups is 4. The number of amides is 3. The van der Waals surface area contributed by atoms with Gasteiger partial charge in [-0.05, 0) is 135 Å². The van der Waals surface area contributed by atoms with Gasteiger partial charge in [-0.15, -0.1) is 11.3 Å². The van der Waals surface area contributed by atoms with E-state index >= 15 is 0 Å². The zero-order valence-corrected chi connectivity index (χ0v) is 41.6. The van der Waals surface area contributed by atoms with Crippen molar-refractivity contribution in [3.63, 3.8) is 0 Å². The van der Waals surface area contributed by atoms with Crippen molar-refractivity contribution in [2.45, 2.75) is 112 Å².